The Morgan fingerprint density at radius 2 is 1.72 bits per heavy atom. The van der Waals surface area contributed by atoms with Crippen LogP contribution in [0.1, 0.15) is 37.3 Å². The number of methoxy groups -OCH3 is 1. The predicted octanol–water partition coefficient (Wildman–Crippen LogP) is 1.36. The zero-order valence-electron chi connectivity index (χ0n) is 11.0. The highest BCUT2D eigenvalue weighted by Gasteiger charge is 2.32. The smallest absolute Gasteiger partial charge is 0.369 e. The largest absolute Gasteiger partial charge is 0.464 e. The van der Waals surface area contributed by atoms with Crippen molar-refractivity contribution in [2.75, 3.05) is 20.2 Å². The minimum atomic E-state index is -0.158. The maximum Gasteiger partial charge on any atom is 0.369 e. The van der Waals surface area contributed by atoms with E-state index < -0.39 is 0 Å². The number of likely N-dealkylation sites (tertiary alicyclic amines) is 1. The van der Waals surface area contributed by atoms with Crippen LogP contribution in [0.2, 0.25) is 0 Å². The van der Waals surface area contributed by atoms with E-state index in [9.17, 15) is 4.79 Å². The molecule has 1 heterocycles. The van der Waals surface area contributed by atoms with Gasteiger partial charge in [-0.25, -0.2) is 4.79 Å². The minimum absolute atomic E-state index is 0.113. The zero-order valence-corrected chi connectivity index (χ0v) is 11.0. The van der Waals surface area contributed by atoms with Gasteiger partial charge in [0.1, 0.15) is 0 Å². The molecule has 0 spiro atoms. The fraction of sp³-hybridized carbons (Fsp3) is 0.533. The molecule has 2 rings (SSSR count). The molecule has 0 radical (unpaired) electrons. The van der Waals surface area contributed by atoms with Gasteiger partial charge in [0.2, 0.25) is 6.04 Å². The van der Waals surface area contributed by atoms with E-state index in [1.54, 1.807) is 0 Å². The molecule has 0 aromatic heterocycles. The molecule has 1 N–H and O–H groups in total. The number of carbonyl (C=O) groups is 1. The standard InChI is InChI=1S/C15H21NO2/c1-18-15(17)14(13-9-5-4-6-10-13)16-11-7-2-3-8-12-16/h4-6,9-10,14H,2-3,7-8,11-12H2,1H3/p+1/t14-/m1/s1. The summed E-state index contributed by atoms with van der Waals surface area (Å²) in [6, 6.07) is 9.86. The summed E-state index contributed by atoms with van der Waals surface area (Å²) in [5, 5.41) is 0. The van der Waals surface area contributed by atoms with Crippen molar-refractivity contribution in [2.45, 2.75) is 31.7 Å². The van der Waals surface area contributed by atoms with Gasteiger partial charge in [0.05, 0.1) is 20.2 Å². The molecule has 3 heteroatoms. The summed E-state index contributed by atoms with van der Waals surface area (Å²) in [7, 11) is 1.48. The monoisotopic (exact) mass is 248 g/mol. The quantitative estimate of drug-likeness (QED) is 0.819. The molecule has 1 aromatic rings. The summed E-state index contributed by atoms with van der Waals surface area (Å²) in [5.74, 6) is -0.113. The molecular formula is C15H22NO2+. The Balaban J connectivity index is 2.21. The van der Waals surface area contributed by atoms with Gasteiger partial charge in [-0.05, 0) is 25.7 Å². The van der Waals surface area contributed by atoms with E-state index in [4.69, 9.17) is 4.74 Å². The summed E-state index contributed by atoms with van der Waals surface area (Å²) >= 11 is 0. The van der Waals surface area contributed by atoms with Crippen molar-refractivity contribution >= 4 is 5.97 Å². The van der Waals surface area contributed by atoms with Crippen molar-refractivity contribution in [1.29, 1.82) is 0 Å². The van der Waals surface area contributed by atoms with Crippen molar-refractivity contribution in [2.24, 2.45) is 0 Å². The van der Waals surface area contributed by atoms with Gasteiger partial charge in [0.25, 0.3) is 0 Å². The molecule has 0 amide bonds. The highest BCUT2D eigenvalue weighted by atomic mass is 16.5. The number of quaternary nitrogens is 1. The maximum atomic E-state index is 12.1. The summed E-state index contributed by atoms with van der Waals surface area (Å²) in [6.07, 6.45) is 4.98. The molecule has 1 aromatic carbocycles. The van der Waals surface area contributed by atoms with E-state index in [1.807, 2.05) is 30.3 Å². The van der Waals surface area contributed by atoms with Crippen molar-refractivity contribution in [3.63, 3.8) is 0 Å². The molecule has 1 atom stereocenters. The van der Waals surface area contributed by atoms with Gasteiger partial charge in [-0.2, -0.15) is 0 Å². The molecule has 18 heavy (non-hydrogen) atoms. The maximum absolute atomic E-state index is 12.1. The number of rotatable bonds is 3. The fourth-order valence-corrected chi connectivity index (χ4v) is 2.77. The minimum Gasteiger partial charge on any atom is -0.464 e. The normalized spacial score (nSPS) is 18.9. The topological polar surface area (TPSA) is 30.7 Å². The molecule has 0 unspecified atom stereocenters. The van der Waals surface area contributed by atoms with Crippen LogP contribution in [0, 0.1) is 0 Å². The third-order valence-electron chi connectivity index (χ3n) is 3.72. The first-order chi connectivity index (χ1) is 8.83. The summed E-state index contributed by atoms with van der Waals surface area (Å²) < 4.78 is 5.00. The number of benzene rings is 1. The average Bonchev–Trinajstić information content (AvgIpc) is 2.69. The van der Waals surface area contributed by atoms with Gasteiger partial charge in [-0.15, -0.1) is 0 Å². The van der Waals surface area contributed by atoms with Gasteiger partial charge in [-0.3, -0.25) is 0 Å². The van der Waals surface area contributed by atoms with E-state index in [1.165, 1.54) is 37.7 Å². The van der Waals surface area contributed by atoms with Crippen molar-refractivity contribution in [1.82, 2.24) is 0 Å². The summed E-state index contributed by atoms with van der Waals surface area (Å²) in [4.78, 5) is 13.4. The van der Waals surface area contributed by atoms with Crippen LogP contribution in [0.15, 0.2) is 30.3 Å². The van der Waals surface area contributed by atoms with Crippen molar-refractivity contribution in [3.05, 3.63) is 35.9 Å². The van der Waals surface area contributed by atoms with E-state index in [0.29, 0.717) is 0 Å². The molecule has 1 aliphatic rings. The highest BCUT2D eigenvalue weighted by Crippen LogP contribution is 2.12. The number of esters is 1. The molecule has 0 aliphatic carbocycles. The van der Waals surface area contributed by atoms with Gasteiger partial charge in [0.15, 0.2) is 0 Å². The summed E-state index contributed by atoms with van der Waals surface area (Å²) in [6.45, 7) is 2.13. The van der Waals surface area contributed by atoms with Gasteiger partial charge >= 0.3 is 5.97 Å². The fourth-order valence-electron chi connectivity index (χ4n) is 2.77. The lowest BCUT2D eigenvalue weighted by Gasteiger charge is -2.25. The van der Waals surface area contributed by atoms with Crippen molar-refractivity contribution in [3.8, 4) is 0 Å². The lowest BCUT2D eigenvalue weighted by atomic mass is 10.1. The Morgan fingerprint density at radius 3 is 2.28 bits per heavy atom. The Kier molecular flexibility index (Phi) is 4.76. The number of hydrogen-bond donors (Lipinski definition) is 1. The van der Waals surface area contributed by atoms with Crippen LogP contribution in [-0.2, 0) is 9.53 Å². The second-order valence-electron chi connectivity index (χ2n) is 4.94. The lowest BCUT2D eigenvalue weighted by Crippen LogP contribution is -3.13. The van der Waals surface area contributed by atoms with Crippen LogP contribution in [0.25, 0.3) is 0 Å². The van der Waals surface area contributed by atoms with E-state index in [0.717, 1.165) is 18.7 Å². The second kappa shape index (κ2) is 6.55. The van der Waals surface area contributed by atoms with Crippen LogP contribution in [0.3, 0.4) is 0 Å². The van der Waals surface area contributed by atoms with Crippen LogP contribution < -0.4 is 4.90 Å². The van der Waals surface area contributed by atoms with Crippen LogP contribution in [-0.4, -0.2) is 26.2 Å². The molecule has 0 bridgehead atoms. The Labute approximate surface area is 109 Å². The molecule has 1 aliphatic heterocycles. The molecular weight excluding hydrogens is 226 g/mol. The first kappa shape index (κ1) is 13.1. The molecule has 0 saturated carbocycles. The second-order valence-corrected chi connectivity index (χ2v) is 4.94. The van der Waals surface area contributed by atoms with Crippen LogP contribution in [0.4, 0.5) is 0 Å². The summed E-state index contributed by atoms with van der Waals surface area (Å²) in [5.41, 5.74) is 1.07. The third-order valence-corrected chi connectivity index (χ3v) is 3.72. The highest BCUT2D eigenvalue weighted by molar-refractivity contribution is 5.75. The third kappa shape index (κ3) is 3.10. The average molecular weight is 248 g/mol. The van der Waals surface area contributed by atoms with E-state index in [-0.39, 0.29) is 12.0 Å². The Hall–Kier alpha value is -1.35. The van der Waals surface area contributed by atoms with Crippen molar-refractivity contribution < 1.29 is 14.4 Å². The predicted molar refractivity (Wildman–Crippen MR) is 70.4 cm³/mol. The molecule has 1 fully saturated rings. The van der Waals surface area contributed by atoms with Gasteiger partial charge in [-0.1, -0.05) is 30.3 Å². The Morgan fingerprint density at radius 1 is 1.11 bits per heavy atom. The SMILES string of the molecule is COC(=O)[C@@H](c1ccccc1)[NH+]1CCCCCC1. The number of nitrogens with one attached hydrogen (secondary N) is 1. The lowest BCUT2D eigenvalue weighted by molar-refractivity contribution is -0.922. The number of hydrogen-bond acceptors (Lipinski definition) is 2. The number of ether oxygens (including phenoxy) is 1. The van der Waals surface area contributed by atoms with Crippen LogP contribution >= 0.6 is 0 Å². The number of carbonyl (C=O) groups excluding carboxylic acids is 1. The first-order valence-electron chi connectivity index (χ1n) is 6.80. The zero-order chi connectivity index (χ0) is 12.8. The molecule has 98 valence electrons. The molecule has 3 nitrogen and oxygen atoms in total. The molecule has 1 saturated heterocycles. The Bertz CT molecular complexity index is 369. The van der Waals surface area contributed by atoms with E-state index in [2.05, 4.69) is 0 Å². The first-order valence-corrected chi connectivity index (χ1v) is 6.80. The van der Waals surface area contributed by atoms with Gasteiger partial charge < -0.3 is 9.64 Å². The van der Waals surface area contributed by atoms with E-state index >= 15 is 0 Å². The van der Waals surface area contributed by atoms with Gasteiger partial charge in [0, 0.05) is 5.56 Å². The van der Waals surface area contributed by atoms with Crippen LogP contribution in [0.5, 0.6) is 0 Å².